The number of benzene rings is 1. The van der Waals surface area contributed by atoms with Crippen LogP contribution in [-0.4, -0.2) is 36.1 Å². The van der Waals surface area contributed by atoms with Crippen molar-refractivity contribution < 1.29 is 0 Å². The first-order valence-electron chi connectivity index (χ1n) is 6.61. The van der Waals surface area contributed by atoms with Gasteiger partial charge in [-0.3, -0.25) is 4.98 Å². The highest BCUT2D eigenvalue weighted by atomic mass is 15.1. The van der Waals surface area contributed by atoms with E-state index in [9.17, 15) is 0 Å². The molecule has 3 nitrogen and oxygen atoms in total. The molecule has 2 aromatic rings. The molecule has 0 spiro atoms. The van der Waals surface area contributed by atoms with Crippen LogP contribution >= 0.6 is 0 Å². The van der Waals surface area contributed by atoms with Crippen LogP contribution in [0, 0.1) is 0 Å². The van der Waals surface area contributed by atoms with E-state index in [4.69, 9.17) is 0 Å². The summed E-state index contributed by atoms with van der Waals surface area (Å²) < 4.78 is 0. The van der Waals surface area contributed by atoms with Gasteiger partial charge in [0, 0.05) is 29.5 Å². The predicted molar refractivity (Wildman–Crippen MR) is 75.9 cm³/mol. The van der Waals surface area contributed by atoms with Crippen molar-refractivity contribution in [1.29, 1.82) is 0 Å². The molecular formula is C15H19N3. The second-order valence-electron chi connectivity index (χ2n) is 5.12. The highest BCUT2D eigenvalue weighted by molar-refractivity contribution is 5.93. The number of hydrogen-bond acceptors (Lipinski definition) is 3. The summed E-state index contributed by atoms with van der Waals surface area (Å²) in [6.45, 7) is 2.36. The molecule has 0 amide bonds. The van der Waals surface area contributed by atoms with Crippen LogP contribution in [0.5, 0.6) is 0 Å². The molecule has 0 saturated carbocycles. The van der Waals surface area contributed by atoms with Crippen LogP contribution in [0.4, 0.5) is 5.69 Å². The molecule has 1 aromatic heterocycles. The molecule has 1 aliphatic rings. The van der Waals surface area contributed by atoms with E-state index >= 15 is 0 Å². The molecule has 0 unspecified atom stereocenters. The molecule has 18 heavy (non-hydrogen) atoms. The Labute approximate surface area is 108 Å². The van der Waals surface area contributed by atoms with E-state index in [1.807, 2.05) is 12.4 Å². The predicted octanol–water partition coefficient (Wildman–Crippen LogP) is 2.74. The molecule has 0 aliphatic carbocycles. The number of pyridine rings is 1. The molecule has 1 aliphatic heterocycles. The zero-order valence-electron chi connectivity index (χ0n) is 10.8. The van der Waals surface area contributed by atoms with Gasteiger partial charge in [0.25, 0.3) is 0 Å². The number of piperidine rings is 1. The number of aromatic nitrogens is 1. The standard InChI is InChI=1S/C15H19N3/c1-18-9-6-13(7-10-18)17-15-4-2-3-12-5-8-16-11-14(12)15/h2-5,8,11,13,17H,6-7,9-10H2,1H3. The third-order valence-corrected chi connectivity index (χ3v) is 3.76. The first-order chi connectivity index (χ1) is 8.83. The fourth-order valence-corrected chi connectivity index (χ4v) is 2.61. The third kappa shape index (κ3) is 2.31. The first-order valence-corrected chi connectivity index (χ1v) is 6.61. The molecule has 0 bridgehead atoms. The van der Waals surface area contributed by atoms with Gasteiger partial charge in [-0.2, -0.15) is 0 Å². The molecule has 0 atom stereocenters. The van der Waals surface area contributed by atoms with E-state index in [1.54, 1.807) is 0 Å². The fraction of sp³-hybridized carbons (Fsp3) is 0.400. The Kier molecular flexibility index (Phi) is 3.15. The number of rotatable bonds is 2. The Morgan fingerprint density at radius 3 is 2.89 bits per heavy atom. The monoisotopic (exact) mass is 241 g/mol. The number of fused-ring (bicyclic) bond motifs is 1. The van der Waals surface area contributed by atoms with Gasteiger partial charge in [0.05, 0.1) is 0 Å². The van der Waals surface area contributed by atoms with E-state index in [0.29, 0.717) is 6.04 Å². The van der Waals surface area contributed by atoms with Crippen LogP contribution in [0.1, 0.15) is 12.8 Å². The Morgan fingerprint density at radius 2 is 2.06 bits per heavy atom. The number of nitrogens with one attached hydrogen (secondary N) is 1. The van der Waals surface area contributed by atoms with Crippen molar-refractivity contribution in [2.24, 2.45) is 0 Å². The van der Waals surface area contributed by atoms with Crippen molar-refractivity contribution in [3.05, 3.63) is 36.7 Å². The Bertz CT molecular complexity index is 525. The minimum Gasteiger partial charge on any atom is -0.382 e. The van der Waals surface area contributed by atoms with E-state index in [-0.39, 0.29) is 0 Å². The molecule has 3 rings (SSSR count). The van der Waals surface area contributed by atoms with Crippen LogP contribution in [0.3, 0.4) is 0 Å². The molecule has 1 saturated heterocycles. The summed E-state index contributed by atoms with van der Waals surface area (Å²) in [4.78, 5) is 6.62. The lowest BCUT2D eigenvalue weighted by atomic mass is 10.0. The van der Waals surface area contributed by atoms with Crippen LogP contribution in [0.2, 0.25) is 0 Å². The Morgan fingerprint density at radius 1 is 1.22 bits per heavy atom. The number of hydrogen-bond donors (Lipinski definition) is 1. The Hall–Kier alpha value is -1.61. The smallest absolute Gasteiger partial charge is 0.0437 e. The zero-order valence-corrected chi connectivity index (χ0v) is 10.8. The average molecular weight is 241 g/mol. The van der Waals surface area contributed by atoms with Crippen molar-refractivity contribution in [1.82, 2.24) is 9.88 Å². The normalized spacial score (nSPS) is 18.1. The minimum absolute atomic E-state index is 0.590. The molecule has 94 valence electrons. The highest BCUT2D eigenvalue weighted by Crippen LogP contribution is 2.24. The van der Waals surface area contributed by atoms with Gasteiger partial charge in [-0.25, -0.2) is 0 Å². The summed E-state index contributed by atoms with van der Waals surface area (Å²) in [6.07, 6.45) is 6.23. The maximum Gasteiger partial charge on any atom is 0.0437 e. The van der Waals surface area contributed by atoms with Gasteiger partial charge in [-0.1, -0.05) is 12.1 Å². The number of likely N-dealkylation sites (tertiary alicyclic amines) is 1. The maximum atomic E-state index is 4.23. The van der Waals surface area contributed by atoms with Crippen LogP contribution in [0.25, 0.3) is 10.8 Å². The minimum atomic E-state index is 0.590. The van der Waals surface area contributed by atoms with Gasteiger partial charge in [-0.05, 0) is 50.5 Å². The largest absolute Gasteiger partial charge is 0.382 e. The SMILES string of the molecule is CN1CCC(Nc2cccc3ccncc23)CC1. The maximum absolute atomic E-state index is 4.23. The second-order valence-corrected chi connectivity index (χ2v) is 5.12. The second kappa shape index (κ2) is 4.94. The lowest BCUT2D eigenvalue weighted by Gasteiger charge is -2.30. The third-order valence-electron chi connectivity index (χ3n) is 3.76. The first kappa shape index (κ1) is 11.5. The van der Waals surface area contributed by atoms with Gasteiger partial charge in [-0.15, -0.1) is 0 Å². The lowest BCUT2D eigenvalue weighted by Crippen LogP contribution is -2.36. The molecule has 1 aromatic carbocycles. The summed E-state index contributed by atoms with van der Waals surface area (Å²) in [5.41, 5.74) is 1.22. The van der Waals surface area contributed by atoms with E-state index in [0.717, 1.165) is 0 Å². The van der Waals surface area contributed by atoms with Gasteiger partial charge >= 0.3 is 0 Å². The van der Waals surface area contributed by atoms with Crippen LogP contribution < -0.4 is 5.32 Å². The van der Waals surface area contributed by atoms with Gasteiger partial charge in [0.2, 0.25) is 0 Å². The van der Waals surface area contributed by atoms with Crippen molar-refractivity contribution in [3.63, 3.8) is 0 Å². The van der Waals surface area contributed by atoms with Crippen LogP contribution in [0.15, 0.2) is 36.7 Å². The van der Waals surface area contributed by atoms with Crippen LogP contribution in [-0.2, 0) is 0 Å². The van der Waals surface area contributed by atoms with Gasteiger partial charge in [0.15, 0.2) is 0 Å². The molecule has 0 radical (unpaired) electrons. The van der Waals surface area contributed by atoms with Gasteiger partial charge < -0.3 is 10.2 Å². The average Bonchev–Trinajstić information content (AvgIpc) is 2.42. The topological polar surface area (TPSA) is 28.2 Å². The summed E-state index contributed by atoms with van der Waals surface area (Å²) in [6, 6.07) is 9.06. The summed E-state index contributed by atoms with van der Waals surface area (Å²) >= 11 is 0. The molecule has 2 heterocycles. The van der Waals surface area contributed by atoms with Crippen molar-refractivity contribution in [3.8, 4) is 0 Å². The quantitative estimate of drug-likeness (QED) is 0.876. The van der Waals surface area contributed by atoms with Crippen molar-refractivity contribution in [2.45, 2.75) is 18.9 Å². The molecule has 1 N–H and O–H groups in total. The highest BCUT2D eigenvalue weighted by Gasteiger charge is 2.16. The van der Waals surface area contributed by atoms with E-state index in [2.05, 4.69) is 46.5 Å². The van der Waals surface area contributed by atoms with Crippen molar-refractivity contribution >= 4 is 16.5 Å². The summed E-state index contributed by atoms with van der Waals surface area (Å²) in [5.74, 6) is 0. The van der Waals surface area contributed by atoms with Gasteiger partial charge in [0.1, 0.15) is 0 Å². The molecule has 3 heteroatoms. The lowest BCUT2D eigenvalue weighted by molar-refractivity contribution is 0.264. The number of nitrogens with zero attached hydrogens (tertiary/aromatic N) is 2. The molecular weight excluding hydrogens is 222 g/mol. The Balaban J connectivity index is 1.82. The molecule has 1 fully saturated rings. The summed E-state index contributed by atoms with van der Waals surface area (Å²) in [5, 5.41) is 6.15. The van der Waals surface area contributed by atoms with E-state index in [1.165, 1.54) is 42.4 Å². The summed E-state index contributed by atoms with van der Waals surface area (Å²) in [7, 11) is 2.19. The number of anilines is 1. The van der Waals surface area contributed by atoms with Crippen molar-refractivity contribution in [2.75, 3.05) is 25.5 Å². The fourth-order valence-electron chi connectivity index (χ4n) is 2.61. The van der Waals surface area contributed by atoms with E-state index < -0.39 is 0 Å². The zero-order chi connectivity index (χ0) is 12.4.